The molecule has 0 N–H and O–H groups in total. The average Bonchev–Trinajstić information content (AvgIpc) is 3.05. The van der Waals surface area contributed by atoms with Gasteiger partial charge in [-0.1, -0.05) is 6.07 Å². The molecule has 0 atom stereocenters. The Balaban J connectivity index is 1.95. The van der Waals surface area contributed by atoms with Gasteiger partial charge in [-0.3, -0.25) is 4.79 Å². The van der Waals surface area contributed by atoms with Gasteiger partial charge in [0.15, 0.2) is 5.69 Å². The fraction of sp³-hybridized carbons (Fsp3) is 0.133. The summed E-state index contributed by atoms with van der Waals surface area (Å²) in [5.41, 5.74) is 2.06. The summed E-state index contributed by atoms with van der Waals surface area (Å²) in [4.78, 5) is 16.4. The van der Waals surface area contributed by atoms with E-state index >= 15 is 0 Å². The molecule has 106 valence electrons. The van der Waals surface area contributed by atoms with Crippen LogP contribution in [0.25, 0.3) is 11.5 Å². The molecule has 5 nitrogen and oxygen atoms in total. The van der Waals surface area contributed by atoms with Crippen LogP contribution in [0.1, 0.15) is 21.9 Å². The van der Waals surface area contributed by atoms with Gasteiger partial charge in [0.2, 0.25) is 5.89 Å². The summed E-state index contributed by atoms with van der Waals surface area (Å²) in [6, 6.07) is 7.63. The largest absolute Gasteiger partial charge is 0.444 e. The lowest BCUT2D eigenvalue weighted by molar-refractivity contribution is 0.0937. The van der Waals surface area contributed by atoms with Crippen molar-refractivity contribution in [2.45, 2.75) is 13.8 Å². The minimum Gasteiger partial charge on any atom is -0.444 e. The van der Waals surface area contributed by atoms with Gasteiger partial charge in [0.1, 0.15) is 12.1 Å². The first-order chi connectivity index (χ1) is 10.0. The van der Waals surface area contributed by atoms with Gasteiger partial charge in [-0.05, 0) is 38.1 Å². The van der Waals surface area contributed by atoms with E-state index in [1.54, 1.807) is 32.0 Å². The Kier molecular flexibility index (Phi) is 3.13. The van der Waals surface area contributed by atoms with E-state index in [-0.39, 0.29) is 17.5 Å². The van der Waals surface area contributed by atoms with Crippen molar-refractivity contribution in [2.24, 2.45) is 0 Å². The van der Waals surface area contributed by atoms with Crippen LogP contribution in [0.3, 0.4) is 0 Å². The van der Waals surface area contributed by atoms with Gasteiger partial charge in [-0.25, -0.2) is 9.37 Å². The maximum absolute atomic E-state index is 13.2. The molecule has 3 aromatic rings. The van der Waals surface area contributed by atoms with Crippen molar-refractivity contribution >= 4 is 5.91 Å². The van der Waals surface area contributed by atoms with Crippen LogP contribution in [0, 0.1) is 19.7 Å². The number of aryl methyl sites for hydroxylation is 2. The van der Waals surface area contributed by atoms with E-state index in [1.165, 1.54) is 23.1 Å². The van der Waals surface area contributed by atoms with Crippen LogP contribution in [0.4, 0.5) is 4.39 Å². The fourth-order valence-corrected chi connectivity index (χ4v) is 2.07. The highest BCUT2D eigenvalue weighted by Gasteiger charge is 2.18. The zero-order valence-corrected chi connectivity index (χ0v) is 11.5. The number of aromatic nitrogens is 3. The molecule has 0 aliphatic rings. The highest BCUT2D eigenvalue weighted by molar-refractivity contribution is 5.94. The number of carbonyl (C=O) groups excluding carboxylic acids is 1. The highest BCUT2D eigenvalue weighted by Crippen LogP contribution is 2.20. The van der Waals surface area contributed by atoms with Gasteiger partial charge in [0.05, 0.1) is 5.69 Å². The third-order valence-electron chi connectivity index (χ3n) is 3.00. The van der Waals surface area contributed by atoms with Crippen molar-refractivity contribution in [2.75, 3.05) is 0 Å². The predicted molar refractivity (Wildman–Crippen MR) is 73.3 cm³/mol. The van der Waals surface area contributed by atoms with E-state index in [4.69, 9.17) is 4.42 Å². The predicted octanol–water partition coefficient (Wildman–Crippen LogP) is 2.98. The molecule has 0 unspecified atom stereocenters. The first-order valence-corrected chi connectivity index (χ1v) is 6.34. The zero-order valence-electron chi connectivity index (χ0n) is 11.5. The molecule has 0 amide bonds. The maximum atomic E-state index is 13.2. The standard InChI is InChI=1S/C15H12FN3O2/c1-9-6-10(2)19(18-9)15(20)13-8-21-14(17-13)11-4-3-5-12(16)7-11/h3-8H,1-2H3. The molecular weight excluding hydrogens is 273 g/mol. The normalized spacial score (nSPS) is 10.8. The van der Waals surface area contributed by atoms with Crippen LogP contribution in [-0.4, -0.2) is 20.7 Å². The molecule has 2 heterocycles. The van der Waals surface area contributed by atoms with Crippen LogP contribution in [0.15, 0.2) is 41.0 Å². The summed E-state index contributed by atoms with van der Waals surface area (Å²) < 4.78 is 19.7. The smallest absolute Gasteiger partial charge is 0.300 e. The maximum Gasteiger partial charge on any atom is 0.300 e. The van der Waals surface area contributed by atoms with Gasteiger partial charge in [-0.15, -0.1) is 0 Å². The van der Waals surface area contributed by atoms with Crippen LogP contribution in [-0.2, 0) is 0 Å². The van der Waals surface area contributed by atoms with E-state index in [0.29, 0.717) is 11.3 Å². The number of hydrogen-bond donors (Lipinski definition) is 0. The molecule has 0 bridgehead atoms. The summed E-state index contributed by atoms with van der Waals surface area (Å²) in [7, 11) is 0. The fourth-order valence-electron chi connectivity index (χ4n) is 2.07. The lowest BCUT2D eigenvalue weighted by Crippen LogP contribution is -2.15. The Morgan fingerprint density at radius 1 is 1.29 bits per heavy atom. The molecule has 0 saturated heterocycles. The van der Waals surface area contributed by atoms with Crippen molar-refractivity contribution in [3.8, 4) is 11.5 Å². The molecule has 0 aliphatic heterocycles. The van der Waals surface area contributed by atoms with Gasteiger partial charge < -0.3 is 4.42 Å². The lowest BCUT2D eigenvalue weighted by Gasteiger charge is -1.98. The Labute approximate surface area is 120 Å². The van der Waals surface area contributed by atoms with E-state index in [0.717, 1.165) is 5.69 Å². The second-order valence-electron chi connectivity index (χ2n) is 4.69. The summed E-state index contributed by atoms with van der Waals surface area (Å²) in [6.45, 7) is 3.59. The second kappa shape index (κ2) is 4.97. The second-order valence-corrected chi connectivity index (χ2v) is 4.69. The van der Waals surface area contributed by atoms with Gasteiger partial charge in [0, 0.05) is 11.3 Å². The molecule has 0 radical (unpaired) electrons. The summed E-state index contributed by atoms with van der Waals surface area (Å²) in [6.07, 6.45) is 1.25. The third-order valence-corrected chi connectivity index (χ3v) is 3.00. The Bertz CT molecular complexity index is 820. The monoisotopic (exact) mass is 285 g/mol. The molecule has 0 aliphatic carbocycles. The highest BCUT2D eigenvalue weighted by atomic mass is 19.1. The van der Waals surface area contributed by atoms with Crippen LogP contribution in [0.5, 0.6) is 0 Å². The molecular formula is C15H12FN3O2. The number of oxazole rings is 1. The molecule has 3 rings (SSSR count). The molecule has 21 heavy (non-hydrogen) atoms. The average molecular weight is 285 g/mol. The minimum absolute atomic E-state index is 0.125. The van der Waals surface area contributed by atoms with Crippen molar-refractivity contribution < 1.29 is 13.6 Å². The lowest BCUT2D eigenvalue weighted by atomic mass is 10.2. The Hall–Kier alpha value is -2.76. The summed E-state index contributed by atoms with van der Waals surface area (Å²) in [5, 5.41) is 4.11. The van der Waals surface area contributed by atoms with Crippen LogP contribution >= 0.6 is 0 Å². The van der Waals surface area contributed by atoms with Gasteiger partial charge >= 0.3 is 0 Å². The number of carbonyl (C=O) groups is 1. The zero-order chi connectivity index (χ0) is 15.0. The van der Waals surface area contributed by atoms with Crippen molar-refractivity contribution in [3.05, 3.63) is 59.5 Å². The molecule has 2 aromatic heterocycles. The van der Waals surface area contributed by atoms with Gasteiger partial charge in [-0.2, -0.15) is 9.78 Å². The number of nitrogens with zero attached hydrogens (tertiary/aromatic N) is 3. The van der Waals surface area contributed by atoms with Crippen LogP contribution in [0.2, 0.25) is 0 Å². The van der Waals surface area contributed by atoms with E-state index < -0.39 is 5.82 Å². The van der Waals surface area contributed by atoms with Gasteiger partial charge in [0.25, 0.3) is 5.91 Å². The molecule has 0 fully saturated rings. The summed E-state index contributed by atoms with van der Waals surface area (Å²) >= 11 is 0. The van der Waals surface area contributed by atoms with E-state index in [2.05, 4.69) is 10.1 Å². The van der Waals surface area contributed by atoms with Crippen molar-refractivity contribution in [1.82, 2.24) is 14.8 Å². The van der Waals surface area contributed by atoms with E-state index in [1.807, 2.05) is 0 Å². The molecule has 1 aromatic carbocycles. The Morgan fingerprint density at radius 3 is 2.76 bits per heavy atom. The van der Waals surface area contributed by atoms with Crippen LogP contribution < -0.4 is 0 Å². The number of halogens is 1. The minimum atomic E-state index is -0.392. The topological polar surface area (TPSA) is 60.9 Å². The summed E-state index contributed by atoms with van der Waals surface area (Å²) in [5.74, 6) is -0.580. The number of hydrogen-bond acceptors (Lipinski definition) is 4. The SMILES string of the molecule is Cc1cc(C)n(C(=O)c2coc(-c3cccc(F)c3)n2)n1. The quantitative estimate of drug-likeness (QED) is 0.726. The molecule has 6 heteroatoms. The first kappa shape index (κ1) is 13.2. The Morgan fingerprint density at radius 2 is 2.10 bits per heavy atom. The number of rotatable bonds is 2. The number of benzene rings is 1. The first-order valence-electron chi connectivity index (χ1n) is 6.34. The van der Waals surface area contributed by atoms with Crippen molar-refractivity contribution in [3.63, 3.8) is 0 Å². The molecule has 0 spiro atoms. The van der Waals surface area contributed by atoms with Crippen molar-refractivity contribution in [1.29, 1.82) is 0 Å². The third kappa shape index (κ3) is 2.47. The van der Waals surface area contributed by atoms with E-state index in [9.17, 15) is 9.18 Å². The molecule has 0 saturated carbocycles.